The number of amides is 2. The fourth-order valence-electron chi connectivity index (χ4n) is 2.45. The molecular formula is C22H25BrN2O3. The summed E-state index contributed by atoms with van der Waals surface area (Å²) in [5.74, 6) is 0.395. The third-order valence-corrected chi connectivity index (χ3v) is 4.46. The number of benzene rings is 2. The summed E-state index contributed by atoms with van der Waals surface area (Å²) in [4.78, 5) is 25.2. The van der Waals surface area contributed by atoms with Crippen molar-refractivity contribution in [2.24, 2.45) is 5.92 Å². The van der Waals surface area contributed by atoms with Gasteiger partial charge < -0.3 is 15.4 Å². The third kappa shape index (κ3) is 6.23. The maximum absolute atomic E-state index is 12.9. The molecule has 0 spiro atoms. The average molecular weight is 445 g/mol. The van der Waals surface area contributed by atoms with Crippen LogP contribution >= 0.6 is 15.9 Å². The van der Waals surface area contributed by atoms with Crippen molar-refractivity contribution in [2.75, 3.05) is 18.5 Å². The summed E-state index contributed by atoms with van der Waals surface area (Å²) in [6.07, 6.45) is 2.49. The predicted molar refractivity (Wildman–Crippen MR) is 116 cm³/mol. The fourth-order valence-corrected chi connectivity index (χ4v) is 2.81. The minimum Gasteiger partial charge on any atom is -0.493 e. The molecule has 0 heterocycles. The van der Waals surface area contributed by atoms with E-state index >= 15 is 0 Å². The third-order valence-electron chi connectivity index (χ3n) is 3.97. The molecule has 0 aliphatic rings. The Bertz CT molecular complexity index is 849. The Hall–Kier alpha value is -2.60. The van der Waals surface area contributed by atoms with Crippen LogP contribution in [0.4, 0.5) is 5.69 Å². The molecule has 0 radical (unpaired) electrons. The van der Waals surface area contributed by atoms with Gasteiger partial charge in [-0.05, 0) is 42.7 Å². The van der Waals surface area contributed by atoms with Gasteiger partial charge in [0.1, 0.15) is 5.75 Å². The van der Waals surface area contributed by atoms with Crippen molar-refractivity contribution in [3.8, 4) is 5.75 Å². The molecule has 0 bridgehead atoms. The fraction of sp³-hybridized carbons (Fsp3) is 0.273. The summed E-state index contributed by atoms with van der Waals surface area (Å²) >= 11 is 3.40. The second-order valence-electron chi connectivity index (χ2n) is 6.67. The van der Waals surface area contributed by atoms with E-state index in [-0.39, 0.29) is 11.8 Å². The molecule has 2 rings (SSSR count). The number of carbonyl (C=O) groups is 2. The van der Waals surface area contributed by atoms with Gasteiger partial charge in [-0.3, -0.25) is 9.59 Å². The second kappa shape index (κ2) is 10.7. The van der Waals surface area contributed by atoms with Crippen molar-refractivity contribution < 1.29 is 14.3 Å². The van der Waals surface area contributed by atoms with Gasteiger partial charge in [-0.1, -0.05) is 48.0 Å². The van der Waals surface area contributed by atoms with Crippen LogP contribution in [0.3, 0.4) is 0 Å². The molecule has 0 saturated heterocycles. The average Bonchev–Trinajstić information content (AvgIpc) is 2.67. The Balaban J connectivity index is 2.22. The first-order valence-corrected chi connectivity index (χ1v) is 9.93. The van der Waals surface area contributed by atoms with Gasteiger partial charge in [0.2, 0.25) is 0 Å². The van der Waals surface area contributed by atoms with Crippen molar-refractivity contribution >= 4 is 33.4 Å². The molecule has 0 aliphatic heterocycles. The number of hydrogen-bond acceptors (Lipinski definition) is 3. The van der Waals surface area contributed by atoms with Crippen molar-refractivity contribution in [2.45, 2.75) is 20.3 Å². The SMILES string of the molecule is C=CCNC(=O)c1ccccc1NC(=O)c1cc(Br)ccc1OCCC(C)C. The predicted octanol–water partition coefficient (Wildman–Crippen LogP) is 5.04. The highest BCUT2D eigenvalue weighted by molar-refractivity contribution is 9.10. The number of anilines is 1. The molecule has 148 valence electrons. The minimum absolute atomic E-state index is 0.279. The summed E-state index contributed by atoms with van der Waals surface area (Å²) < 4.78 is 6.59. The monoisotopic (exact) mass is 444 g/mol. The van der Waals surface area contributed by atoms with Crippen molar-refractivity contribution in [1.82, 2.24) is 5.32 Å². The summed E-state index contributed by atoms with van der Waals surface area (Å²) in [5.41, 5.74) is 1.22. The molecule has 2 N–H and O–H groups in total. The quantitative estimate of drug-likeness (QED) is 0.532. The zero-order valence-corrected chi connectivity index (χ0v) is 17.7. The Morgan fingerprint density at radius 3 is 2.61 bits per heavy atom. The topological polar surface area (TPSA) is 67.4 Å². The number of halogens is 1. The largest absolute Gasteiger partial charge is 0.493 e. The van der Waals surface area contributed by atoms with Crippen molar-refractivity contribution in [1.29, 1.82) is 0 Å². The van der Waals surface area contributed by atoms with E-state index < -0.39 is 0 Å². The van der Waals surface area contributed by atoms with Crippen LogP contribution in [0, 0.1) is 5.92 Å². The lowest BCUT2D eigenvalue weighted by Crippen LogP contribution is -2.25. The highest BCUT2D eigenvalue weighted by Crippen LogP contribution is 2.25. The standard InChI is InChI=1S/C22H25BrN2O3/c1-4-12-24-21(26)17-7-5-6-8-19(17)25-22(27)18-14-16(23)9-10-20(18)28-13-11-15(2)3/h4-10,14-15H,1,11-13H2,2-3H3,(H,24,26)(H,25,27). The van der Waals surface area contributed by atoms with Crippen LogP contribution in [0.25, 0.3) is 0 Å². The molecule has 0 unspecified atom stereocenters. The number of ether oxygens (including phenoxy) is 1. The summed E-state index contributed by atoms with van der Waals surface area (Å²) in [7, 11) is 0. The van der Waals surface area contributed by atoms with Gasteiger partial charge in [-0.25, -0.2) is 0 Å². The van der Waals surface area contributed by atoms with E-state index in [4.69, 9.17) is 4.74 Å². The normalized spacial score (nSPS) is 10.4. The minimum atomic E-state index is -0.343. The van der Waals surface area contributed by atoms with E-state index in [2.05, 4.69) is 47.0 Å². The van der Waals surface area contributed by atoms with Gasteiger partial charge in [-0.15, -0.1) is 6.58 Å². The molecule has 5 nitrogen and oxygen atoms in total. The van der Waals surface area contributed by atoms with E-state index in [1.807, 2.05) is 6.07 Å². The number of para-hydroxylation sites is 1. The molecule has 2 aromatic carbocycles. The number of hydrogen-bond donors (Lipinski definition) is 2. The molecule has 0 atom stereocenters. The van der Waals surface area contributed by atoms with E-state index in [1.54, 1.807) is 42.5 Å². The molecule has 2 amide bonds. The van der Waals surface area contributed by atoms with Crippen molar-refractivity contribution in [3.05, 3.63) is 70.7 Å². The second-order valence-corrected chi connectivity index (χ2v) is 7.59. The van der Waals surface area contributed by atoms with Gasteiger partial charge >= 0.3 is 0 Å². The molecule has 0 aliphatic carbocycles. The molecule has 0 fully saturated rings. The number of carbonyl (C=O) groups excluding carboxylic acids is 2. The van der Waals surface area contributed by atoms with Crippen molar-refractivity contribution in [3.63, 3.8) is 0 Å². The lowest BCUT2D eigenvalue weighted by molar-refractivity contribution is 0.0959. The smallest absolute Gasteiger partial charge is 0.259 e. The van der Waals surface area contributed by atoms with Crippen LogP contribution in [0.5, 0.6) is 5.75 Å². The van der Waals surface area contributed by atoms with Crippen LogP contribution in [0.15, 0.2) is 59.6 Å². The van der Waals surface area contributed by atoms with Crippen LogP contribution < -0.4 is 15.4 Å². The zero-order chi connectivity index (χ0) is 20.5. The number of rotatable bonds is 9. The van der Waals surface area contributed by atoms with Crippen LogP contribution in [-0.2, 0) is 0 Å². The van der Waals surface area contributed by atoms with E-state index in [0.29, 0.717) is 41.6 Å². The molecular weight excluding hydrogens is 420 g/mol. The molecule has 0 aromatic heterocycles. The highest BCUT2D eigenvalue weighted by Gasteiger charge is 2.17. The Morgan fingerprint density at radius 2 is 1.89 bits per heavy atom. The Kier molecular flexibility index (Phi) is 8.26. The first-order valence-electron chi connectivity index (χ1n) is 9.14. The summed E-state index contributed by atoms with van der Waals surface area (Å²) in [5, 5.41) is 5.55. The van der Waals surface area contributed by atoms with E-state index in [9.17, 15) is 9.59 Å². The van der Waals surface area contributed by atoms with Gasteiger partial charge in [0.15, 0.2) is 0 Å². The lowest BCUT2D eigenvalue weighted by Gasteiger charge is -2.15. The highest BCUT2D eigenvalue weighted by atomic mass is 79.9. The van der Waals surface area contributed by atoms with Crippen LogP contribution in [0.1, 0.15) is 41.0 Å². The zero-order valence-electron chi connectivity index (χ0n) is 16.1. The molecule has 28 heavy (non-hydrogen) atoms. The van der Waals surface area contributed by atoms with Crippen LogP contribution in [-0.4, -0.2) is 25.0 Å². The molecule has 6 heteroatoms. The first kappa shape index (κ1) is 21.7. The Morgan fingerprint density at radius 1 is 1.14 bits per heavy atom. The van der Waals surface area contributed by atoms with Gasteiger partial charge in [0, 0.05) is 11.0 Å². The van der Waals surface area contributed by atoms with Gasteiger partial charge in [0.25, 0.3) is 11.8 Å². The lowest BCUT2D eigenvalue weighted by atomic mass is 10.1. The maximum atomic E-state index is 12.9. The number of nitrogens with one attached hydrogen (secondary N) is 2. The Labute approximate surface area is 174 Å². The summed E-state index contributed by atoms with van der Waals surface area (Å²) in [6, 6.07) is 12.2. The van der Waals surface area contributed by atoms with E-state index in [0.717, 1.165) is 10.9 Å². The molecule has 0 saturated carbocycles. The van der Waals surface area contributed by atoms with Gasteiger partial charge in [-0.2, -0.15) is 0 Å². The summed E-state index contributed by atoms with van der Waals surface area (Å²) in [6.45, 7) is 8.70. The first-order chi connectivity index (χ1) is 13.4. The van der Waals surface area contributed by atoms with E-state index in [1.165, 1.54) is 0 Å². The maximum Gasteiger partial charge on any atom is 0.259 e. The van der Waals surface area contributed by atoms with Gasteiger partial charge in [0.05, 0.1) is 23.4 Å². The molecule has 2 aromatic rings. The van der Waals surface area contributed by atoms with Crippen LogP contribution in [0.2, 0.25) is 0 Å².